The van der Waals surface area contributed by atoms with Crippen molar-refractivity contribution in [3.63, 3.8) is 0 Å². The van der Waals surface area contributed by atoms with Gasteiger partial charge in [0.2, 0.25) is 0 Å². The predicted octanol–water partition coefficient (Wildman–Crippen LogP) is -3.86. The van der Waals surface area contributed by atoms with E-state index in [1.165, 1.54) is 0 Å². The Morgan fingerprint density at radius 1 is 1.55 bits per heavy atom. The molecule has 0 bridgehead atoms. The van der Waals surface area contributed by atoms with Gasteiger partial charge in [-0.1, -0.05) is 0 Å². The fourth-order valence-electron chi connectivity index (χ4n) is 0.479. The zero-order valence-corrected chi connectivity index (χ0v) is 8.03. The molecule has 0 amide bonds. The fourth-order valence-corrected chi connectivity index (χ4v) is 1.72. The van der Waals surface area contributed by atoms with Crippen molar-refractivity contribution in [2.24, 2.45) is 0 Å². The van der Waals surface area contributed by atoms with Gasteiger partial charge in [0.1, 0.15) is 0 Å². The third kappa shape index (κ3) is 4.96. The van der Waals surface area contributed by atoms with Crippen LogP contribution in [0.15, 0.2) is 0 Å². The van der Waals surface area contributed by atoms with E-state index in [1.807, 2.05) is 4.93 Å². The van der Waals surface area contributed by atoms with Gasteiger partial charge in [0.25, 0.3) is 0 Å². The van der Waals surface area contributed by atoms with Crippen LogP contribution in [0.4, 0.5) is 0 Å². The van der Waals surface area contributed by atoms with E-state index in [4.69, 9.17) is 10.2 Å². The molecule has 0 heterocycles. The minimum absolute atomic E-state index is 0.358. The number of carbonyl (C=O) groups is 2. The summed E-state index contributed by atoms with van der Waals surface area (Å²) < 4.78 is 2.64. The molecule has 11 heavy (non-hydrogen) atoms. The van der Waals surface area contributed by atoms with Crippen molar-refractivity contribution < 1.29 is 41.3 Å². The molecular weight excluding hydrogens is 265 g/mol. The Morgan fingerprint density at radius 2 is 2.09 bits per heavy atom. The molecule has 0 spiro atoms. The molecule has 0 aliphatic heterocycles. The molecule has 66 valence electrons. The van der Waals surface area contributed by atoms with Crippen molar-refractivity contribution in [1.82, 2.24) is 3.53 Å². The standard InChI is InChI=1S/C5H9INO4/c1-6-7-3(5(10)11)2-4(8)9/h3,7H,2H2,1H3,(H,8,9)(H,10,11)/q-1/t3-/m0/s1. The average Bonchev–Trinajstić information content (AvgIpc) is 1.86. The summed E-state index contributed by atoms with van der Waals surface area (Å²) in [4.78, 5) is 22.2. The van der Waals surface area contributed by atoms with Crippen molar-refractivity contribution in [1.29, 1.82) is 0 Å². The van der Waals surface area contributed by atoms with Crippen molar-refractivity contribution in [2.45, 2.75) is 12.5 Å². The summed E-state index contributed by atoms with van der Waals surface area (Å²) in [7, 11) is 0. The molecule has 0 aromatic heterocycles. The number of carboxylic acid groups (broad SMARTS) is 2. The Balaban J connectivity index is 3.89. The van der Waals surface area contributed by atoms with E-state index < -0.39 is 39.5 Å². The first-order chi connectivity index (χ1) is 5.07. The number of rotatable bonds is 5. The average molecular weight is 274 g/mol. The SMILES string of the molecule is C[I-]N[C@@H](CC(=O)O)C(=O)O. The number of halogens is 1. The summed E-state index contributed by atoms with van der Waals surface area (Å²) in [5, 5.41) is 16.7. The van der Waals surface area contributed by atoms with Gasteiger partial charge in [0.05, 0.1) is 0 Å². The minimum atomic E-state index is -1.10. The summed E-state index contributed by atoms with van der Waals surface area (Å²) in [5.74, 6) is -2.20. The van der Waals surface area contributed by atoms with Crippen LogP contribution in [-0.4, -0.2) is 33.1 Å². The van der Waals surface area contributed by atoms with E-state index in [0.717, 1.165) is 0 Å². The second kappa shape index (κ2) is 5.30. The van der Waals surface area contributed by atoms with Crippen molar-refractivity contribution in [3.8, 4) is 0 Å². The Bertz CT molecular complexity index is 161. The topological polar surface area (TPSA) is 86.6 Å². The summed E-state index contributed by atoms with van der Waals surface area (Å²) in [6.45, 7) is 0. The van der Waals surface area contributed by atoms with E-state index in [0.29, 0.717) is 0 Å². The van der Waals surface area contributed by atoms with Crippen LogP contribution in [0.2, 0.25) is 0 Å². The molecule has 0 aromatic rings. The second-order valence-corrected chi connectivity index (χ2v) is 3.49. The van der Waals surface area contributed by atoms with Crippen LogP contribution in [0, 0.1) is 0 Å². The number of alkyl halides is 1. The van der Waals surface area contributed by atoms with E-state index in [2.05, 4.69) is 3.53 Å². The normalized spacial score (nSPS) is 12.8. The molecule has 0 unspecified atom stereocenters. The van der Waals surface area contributed by atoms with Gasteiger partial charge in [0.15, 0.2) is 0 Å². The van der Waals surface area contributed by atoms with Gasteiger partial charge < -0.3 is 0 Å². The number of nitrogens with one attached hydrogen (secondary N) is 1. The molecule has 0 aliphatic carbocycles. The molecule has 0 saturated heterocycles. The van der Waals surface area contributed by atoms with Gasteiger partial charge in [-0.05, 0) is 0 Å². The molecule has 0 aromatic carbocycles. The van der Waals surface area contributed by atoms with E-state index in [-0.39, 0.29) is 6.42 Å². The number of hydrogen-bond acceptors (Lipinski definition) is 3. The molecule has 3 N–H and O–H groups in total. The van der Waals surface area contributed by atoms with E-state index in [1.54, 1.807) is 0 Å². The first-order valence-electron chi connectivity index (χ1n) is 2.76. The van der Waals surface area contributed by atoms with Crippen LogP contribution in [0.3, 0.4) is 0 Å². The Labute approximate surface area is 74.4 Å². The van der Waals surface area contributed by atoms with Gasteiger partial charge in [-0.15, -0.1) is 0 Å². The van der Waals surface area contributed by atoms with Gasteiger partial charge in [-0.3, -0.25) is 0 Å². The molecule has 0 saturated carbocycles. The third-order valence-corrected chi connectivity index (χ3v) is 2.29. The van der Waals surface area contributed by atoms with Crippen LogP contribution in [-0.2, 0) is 9.59 Å². The van der Waals surface area contributed by atoms with Gasteiger partial charge in [0, 0.05) is 0 Å². The monoisotopic (exact) mass is 274 g/mol. The van der Waals surface area contributed by atoms with Crippen LogP contribution < -0.4 is 25.0 Å². The number of aliphatic carboxylic acids is 2. The molecule has 1 atom stereocenters. The summed E-state index contributed by atoms with van der Waals surface area (Å²) in [6, 6.07) is -0.926. The van der Waals surface area contributed by atoms with Crippen molar-refractivity contribution in [2.75, 3.05) is 4.93 Å². The van der Waals surface area contributed by atoms with Gasteiger partial charge in [-0.25, -0.2) is 0 Å². The maximum atomic E-state index is 10.3. The first-order valence-corrected chi connectivity index (χ1v) is 6.00. The number of hydrogen-bond donors (Lipinski definition) is 3. The quantitative estimate of drug-likeness (QED) is 0.271. The van der Waals surface area contributed by atoms with Gasteiger partial charge in [-0.2, -0.15) is 0 Å². The number of carboxylic acids is 2. The zero-order chi connectivity index (χ0) is 8.85. The second-order valence-electron chi connectivity index (χ2n) is 1.79. The Morgan fingerprint density at radius 3 is 2.36 bits per heavy atom. The molecular formula is C5H9INO4-. The fraction of sp³-hybridized carbons (Fsp3) is 0.600. The molecule has 6 heteroatoms. The molecule has 0 aliphatic rings. The van der Waals surface area contributed by atoms with Crippen molar-refractivity contribution in [3.05, 3.63) is 0 Å². The predicted molar refractivity (Wildman–Crippen MR) is 32.7 cm³/mol. The third-order valence-electron chi connectivity index (χ3n) is 0.918. The zero-order valence-electron chi connectivity index (χ0n) is 5.87. The first kappa shape index (κ1) is 10.6. The Hall–Kier alpha value is -0.370. The van der Waals surface area contributed by atoms with Crippen LogP contribution in [0.1, 0.15) is 6.42 Å². The molecule has 5 nitrogen and oxygen atoms in total. The van der Waals surface area contributed by atoms with Crippen molar-refractivity contribution >= 4 is 11.9 Å². The maximum absolute atomic E-state index is 10.3. The van der Waals surface area contributed by atoms with E-state index in [9.17, 15) is 9.59 Å². The summed E-state index contributed by atoms with van der Waals surface area (Å²) in [6.07, 6.45) is -0.358. The van der Waals surface area contributed by atoms with Gasteiger partial charge >= 0.3 is 74.1 Å². The van der Waals surface area contributed by atoms with Crippen LogP contribution in [0.25, 0.3) is 0 Å². The molecule has 0 fully saturated rings. The van der Waals surface area contributed by atoms with Crippen LogP contribution in [0.5, 0.6) is 0 Å². The summed E-state index contributed by atoms with van der Waals surface area (Å²) >= 11 is -0.392. The van der Waals surface area contributed by atoms with Crippen LogP contribution >= 0.6 is 0 Å². The molecule has 0 rings (SSSR count). The van der Waals surface area contributed by atoms with E-state index >= 15 is 0 Å². The summed E-state index contributed by atoms with van der Waals surface area (Å²) in [5.41, 5.74) is 0. The Kier molecular flexibility index (Phi) is 5.12. The molecule has 0 radical (unpaired) electrons.